The number of phenols is 1. The highest BCUT2D eigenvalue weighted by molar-refractivity contribution is 7.99. The molecule has 5 heteroatoms. The van der Waals surface area contributed by atoms with E-state index in [9.17, 15) is 15.2 Å². The summed E-state index contributed by atoms with van der Waals surface area (Å²) in [4.78, 5) is 12.1. The van der Waals surface area contributed by atoms with Gasteiger partial charge in [-0.15, -0.1) is 0 Å². The van der Waals surface area contributed by atoms with E-state index in [2.05, 4.69) is 0 Å². The fourth-order valence-corrected chi connectivity index (χ4v) is 2.57. The third-order valence-corrected chi connectivity index (χ3v) is 3.65. The molecule has 0 saturated heterocycles. The number of hydrogen-bond acceptors (Lipinski definition) is 4. The Morgan fingerprint density at radius 3 is 2.61 bits per heavy atom. The number of aromatic hydroxyl groups is 1. The van der Waals surface area contributed by atoms with Crippen molar-refractivity contribution in [3.63, 3.8) is 0 Å². The molecule has 1 N–H and O–H groups in total. The maximum Gasteiger partial charge on any atom is 0.273 e. The summed E-state index contributed by atoms with van der Waals surface area (Å²) in [5.41, 5.74) is 0.746. The highest BCUT2D eigenvalue weighted by Crippen LogP contribution is 2.35. The number of nitro benzene ring substituents is 1. The van der Waals surface area contributed by atoms with Crippen LogP contribution in [0.3, 0.4) is 0 Å². The van der Waals surface area contributed by atoms with E-state index in [1.54, 1.807) is 31.2 Å². The van der Waals surface area contributed by atoms with Crippen molar-refractivity contribution in [2.24, 2.45) is 0 Å². The van der Waals surface area contributed by atoms with E-state index in [4.69, 9.17) is 0 Å². The third-order valence-electron chi connectivity index (χ3n) is 2.50. The Bertz CT molecular complexity index is 599. The van der Waals surface area contributed by atoms with Crippen LogP contribution >= 0.6 is 11.8 Å². The van der Waals surface area contributed by atoms with Crippen LogP contribution in [0.1, 0.15) is 5.56 Å². The molecule has 0 saturated carbocycles. The first-order valence-corrected chi connectivity index (χ1v) is 6.10. The van der Waals surface area contributed by atoms with Crippen LogP contribution in [0, 0.1) is 17.0 Å². The number of phenolic OH excluding ortho intramolecular Hbond substituents is 1. The van der Waals surface area contributed by atoms with Gasteiger partial charge in [0.25, 0.3) is 5.69 Å². The molecule has 0 aliphatic carbocycles. The summed E-state index contributed by atoms with van der Waals surface area (Å²) >= 11 is 1.40. The lowest BCUT2D eigenvalue weighted by Gasteiger charge is -2.06. The van der Waals surface area contributed by atoms with E-state index in [1.165, 1.54) is 17.8 Å². The van der Waals surface area contributed by atoms with E-state index in [0.717, 1.165) is 9.79 Å². The number of nitro groups is 1. The summed E-state index contributed by atoms with van der Waals surface area (Å²) in [5.74, 6) is 0.183. The quantitative estimate of drug-likeness (QED) is 0.675. The van der Waals surface area contributed by atoms with Crippen molar-refractivity contribution in [2.75, 3.05) is 0 Å². The standard InChI is InChI=1S/C13H11NO3S/c1-9-12(14(16)17)6-3-7-13(9)18-11-5-2-4-10(15)8-11/h2-8,15H,1H3. The van der Waals surface area contributed by atoms with Crippen molar-refractivity contribution >= 4 is 17.4 Å². The van der Waals surface area contributed by atoms with Crippen molar-refractivity contribution < 1.29 is 10.0 Å². The second-order valence-electron chi connectivity index (χ2n) is 3.76. The number of hydrogen-bond donors (Lipinski definition) is 1. The Labute approximate surface area is 108 Å². The number of nitrogens with zero attached hydrogens (tertiary/aromatic N) is 1. The van der Waals surface area contributed by atoms with Crippen LogP contribution in [-0.4, -0.2) is 10.0 Å². The maximum absolute atomic E-state index is 10.8. The molecule has 2 rings (SSSR count). The molecule has 0 heterocycles. The van der Waals surface area contributed by atoms with Crippen LogP contribution in [0.4, 0.5) is 5.69 Å². The molecule has 0 aliphatic heterocycles. The zero-order valence-corrected chi connectivity index (χ0v) is 10.5. The first kappa shape index (κ1) is 12.4. The van der Waals surface area contributed by atoms with Crippen LogP contribution in [0.2, 0.25) is 0 Å². The molecule has 18 heavy (non-hydrogen) atoms. The Kier molecular flexibility index (Phi) is 3.53. The minimum absolute atomic E-state index is 0.111. The lowest BCUT2D eigenvalue weighted by Crippen LogP contribution is -1.92. The summed E-state index contributed by atoms with van der Waals surface area (Å²) < 4.78 is 0. The van der Waals surface area contributed by atoms with E-state index in [-0.39, 0.29) is 16.4 Å². The van der Waals surface area contributed by atoms with E-state index in [0.29, 0.717) is 5.56 Å². The molecule has 92 valence electrons. The Balaban J connectivity index is 2.35. The fourth-order valence-electron chi connectivity index (χ4n) is 1.59. The van der Waals surface area contributed by atoms with E-state index in [1.807, 2.05) is 12.1 Å². The van der Waals surface area contributed by atoms with Gasteiger partial charge in [0.1, 0.15) is 5.75 Å². The topological polar surface area (TPSA) is 63.4 Å². The summed E-state index contributed by atoms with van der Waals surface area (Å²) in [5, 5.41) is 20.2. The molecule has 0 spiro atoms. The molecule has 4 nitrogen and oxygen atoms in total. The average Bonchev–Trinajstić information content (AvgIpc) is 2.31. The second kappa shape index (κ2) is 5.10. The average molecular weight is 261 g/mol. The molecular formula is C13H11NO3S. The lowest BCUT2D eigenvalue weighted by molar-refractivity contribution is -0.385. The summed E-state index contributed by atoms with van der Waals surface area (Å²) in [6.45, 7) is 1.73. The van der Waals surface area contributed by atoms with Gasteiger partial charge in [-0.2, -0.15) is 0 Å². The SMILES string of the molecule is Cc1c(Sc2cccc(O)c2)cccc1[N+](=O)[O-]. The molecule has 0 atom stereocenters. The normalized spacial score (nSPS) is 10.3. The van der Waals surface area contributed by atoms with Gasteiger partial charge < -0.3 is 5.11 Å². The van der Waals surface area contributed by atoms with E-state index >= 15 is 0 Å². The number of benzene rings is 2. The molecule has 0 unspecified atom stereocenters. The predicted molar refractivity (Wildman–Crippen MR) is 70.1 cm³/mol. The van der Waals surface area contributed by atoms with Crippen LogP contribution in [0.5, 0.6) is 5.75 Å². The summed E-state index contributed by atoms with van der Waals surface area (Å²) in [6.07, 6.45) is 0. The second-order valence-corrected chi connectivity index (χ2v) is 4.87. The van der Waals surface area contributed by atoms with Gasteiger partial charge in [0.05, 0.1) is 4.92 Å². The molecule has 0 fully saturated rings. The third kappa shape index (κ3) is 2.62. The van der Waals surface area contributed by atoms with Gasteiger partial charge >= 0.3 is 0 Å². The summed E-state index contributed by atoms with van der Waals surface area (Å²) in [6, 6.07) is 11.8. The van der Waals surface area contributed by atoms with Gasteiger partial charge in [-0.1, -0.05) is 23.9 Å². The van der Waals surface area contributed by atoms with Gasteiger partial charge in [-0.05, 0) is 31.2 Å². The van der Waals surface area contributed by atoms with Gasteiger partial charge in [0.15, 0.2) is 0 Å². The Morgan fingerprint density at radius 2 is 1.94 bits per heavy atom. The van der Waals surface area contributed by atoms with Gasteiger partial charge in [-0.3, -0.25) is 10.1 Å². The zero-order chi connectivity index (χ0) is 13.1. The highest BCUT2D eigenvalue weighted by Gasteiger charge is 2.13. The smallest absolute Gasteiger partial charge is 0.273 e. The first-order chi connectivity index (χ1) is 8.58. The molecule has 0 aromatic heterocycles. The van der Waals surface area contributed by atoms with Crippen molar-refractivity contribution in [1.82, 2.24) is 0 Å². The first-order valence-electron chi connectivity index (χ1n) is 5.29. The fraction of sp³-hybridized carbons (Fsp3) is 0.0769. The van der Waals surface area contributed by atoms with Gasteiger partial charge in [-0.25, -0.2) is 0 Å². The van der Waals surface area contributed by atoms with Crippen LogP contribution < -0.4 is 0 Å². The van der Waals surface area contributed by atoms with Crippen LogP contribution in [0.15, 0.2) is 52.3 Å². The molecular weight excluding hydrogens is 250 g/mol. The minimum Gasteiger partial charge on any atom is -0.508 e. The molecule has 0 amide bonds. The largest absolute Gasteiger partial charge is 0.508 e. The number of rotatable bonds is 3. The Morgan fingerprint density at radius 1 is 1.22 bits per heavy atom. The molecule has 0 bridgehead atoms. The molecule has 2 aromatic rings. The molecule has 0 aliphatic rings. The van der Waals surface area contributed by atoms with Crippen molar-refractivity contribution in [1.29, 1.82) is 0 Å². The predicted octanol–water partition coefficient (Wildman–Crippen LogP) is 3.76. The van der Waals surface area contributed by atoms with Gasteiger partial charge in [0.2, 0.25) is 0 Å². The Hall–Kier alpha value is -2.01. The van der Waals surface area contributed by atoms with Crippen molar-refractivity contribution in [3.05, 3.63) is 58.1 Å². The van der Waals surface area contributed by atoms with Crippen molar-refractivity contribution in [3.8, 4) is 5.75 Å². The van der Waals surface area contributed by atoms with E-state index < -0.39 is 0 Å². The lowest BCUT2D eigenvalue weighted by atomic mass is 10.2. The minimum atomic E-state index is -0.387. The van der Waals surface area contributed by atoms with Gasteiger partial charge in [0, 0.05) is 21.4 Å². The highest BCUT2D eigenvalue weighted by atomic mass is 32.2. The molecule has 2 aromatic carbocycles. The monoisotopic (exact) mass is 261 g/mol. The zero-order valence-electron chi connectivity index (χ0n) is 9.66. The van der Waals surface area contributed by atoms with Crippen LogP contribution in [0.25, 0.3) is 0 Å². The maximum atomic E-state index is 10.8. The molecule has 0 radical (unpaired) electrons. The van der Waals surface area contributed by atoms with Crippen LogP contribution in [-0.2, 0) is 0 Å². The van der Waals surface area contributed by atoms with Crippen molar-refractivity contribution in [2.45, 2.75) is 16.7 Å². The summed E-state index contributed by atoms with van der Waals surface area (Å²) in [7, 11) is 0.